The lowest BCUT2D eigenvalue weighted by molar-refractivity contribution is -0.115. The average molecular weight is 374 g/mol. The van der Waals surface area contributed by atoms with Gasteiger partial charge in [0.1, 0.15) is 11.6 Å². The predicted octanol–water partition coefficient (Wildman–Crippen LogP) is 4.73. The van der Waals surface area contributed by atoms with Gasteiger partial charge < -0.3 is 15.4 Å². The highest BCUT2D eigenvalue weighted by atomic mass is 35.5. The first kappa shape index (κ1) is 17.3. The van der Waals surface area contributed by atoms with E-state index < -0.39 is 0 Å². The molecule has 0 aliphatic heterocycles. The van der Waals surface area contributed by atoms with Crippen LogP contribution in [0.3, 0.4) is 0 Å². The van der Waals surface area contributed by atoms with Crippen molar-refractivity contribution in [2.75, 3.05) is 17.7 Å². The third-order valence-electron chi connectivity index (χ3n) is 3.39. The number of hydrogen-bond acceptors (Lipinski definition) is 5. The van der Waals surface area contributed by atoms with Crippen molar-refractivity contribution in [3.8, 4) is 5.75 Å². The van der Waals surface area contributed by atoms with Crippen molar-refractivity contribution in [3.05, 3.63) is 63.9 Å². The van der Waals surface area contributed by atoms with Crippen LogP contribution in [-0.4, -0.2) is 18.0 Å². The molecule has 0 radical (unpaired) electrons. The molecule has 25 heavy (non-hydrogen) atoms. The number of halogens is 1. The Labute approximate surface area is 154 Å². The standard InChI is InChI=1S/C18H16ClN3O2S/c1-24-16-6-4-12(9-15(16)19)21-17-7-5-13(11-20-17)22-18(23)10-14-3-2-8-25-14/h2-9,11H,10H2,1H3,(H,20,21)(H,22,23). The number of thiophene rings is 1. The maximum atomic E-state index is 12.0. The van der Waals surface area contributed by atoms with Gasteiger partial charge in [0.2, 0.25) is 5.91 Å². The first-order valence-electron chi connectivity index (χ1n) is 7.53. The second-order valence-electron chi connectivity index (χ2n) is 5.21. The molecule has 2 aromatic heterocycles. The first-order chi connectivity index (χ1) is 12.1. The molecule has 0 saturated heterocycles. The molecule has 0 fully saturated rings. The Morgan fingerprint density at radius 2 is 2.08 bits per heavy atom. The van der Waals surface area contributed by atoms with E-state index in [0.717, 1.165) is 10.6 Å². The van der Waals surface area contributed by atoms with Gasteiger partial charge in [0.05, 0.1) is 30.4 Å². The van der Waals surface area contributed by atoms with Gasteiger partial charge in [-0.05, 0) is 41.8 Å². The van der Waals surface area contributed by atoms with Gasteiger partial charge in [0.15, 0.2) is 0 Å². The molecule has 0 unspecified atom stereocenters. The highest BCUT2D eigenvalue weighted by molar-refractivity contribution is 7.10. The summed E-state index contributed by atoms with van der Waals surface area (Å²) in [7, 11) is 1.57. The van der Waals surface area contributed by atoms with Gasteiger partial charge in [0, 0.05) is 10.6 Å². The number of methoxy groups -OCH3 is 1. The summed E-state index contributed by atoms with van der Waals surface area (Å²) in [5.74, 6) is 1.20. The zero-order chi connectivity index (χ0) is 17.6. The molecule has 0 aliphatic carbocycles. The number of carbonyl (C=O) groups excluding carboxylic acids is 1. The molecular weight excluding hydrogens is 358 g/mol. The van der Waals surface area contributed by atoms with Gasteiger partial charge in [-0.15, -0.1) is 11.3 Å². The summed E-state index contributed by atoms with van der Waals surface area (Å²) < 4.78 is 5.13. The fraction of sp³-hybridized carbons (Fsp3) is 0.111. The Hall–Kier alpha value is -2.57. The third kappa shape index (κ3) is 4.71. The lowest BCUT2D eigenvalue weighted by atomic mass is 10.3. The van der Waals surface area contributed by atoms with E-state index >= 15 is 0 Å². The number of amides is 1. The Morgan fingerprint density at radius 1 is 1.24 bits per heavy atom. The second kappa shape index (κ2) is 8.00. The van der Waals surface area contributed by atoms with Crippen LogP contribution >= 0.6 is 22.9 Å². The van der Waals surface area contributed by atoms with Gasteiger partial charge in [-0.25, -0.2) is 4.98 Å². The summed E-state index contributed by atoms with van der Waals surface area (Å²) in [4.78, 5) is 17.3. The number of aromatic nitrogens is 1. The molecule has 3 aromatic rings. The molecule has 0 aliphatic rings. The van der Waals surface area contributed by atoms with Crippen LogP contribution in [0.2, 0.25) is 5.02 Å². The summed E-state index contributed by atoms with van der Waals surface area (Å²) in [6, 6.07) is 12.9. The molecule has 128 valence electrons. The fourth-order valence-corrected chi connectivity index (χ4v) is 3.17. The molecule has 1 amide bonds. The molecule has 0 saturated carbocycles. The SMILES string of the molecule is COc1ccc(Nc2ccc(NC(=O)Cc3cccs3)cn2)cc1Cl. The van der Waals surface area contributed by atoms with Crippen LogP contribution in [0, 0.1) is 0 Å². The molecule has 1 aromatic carbocycles. The molecule has 0 bridgehead atoms. The van der Waals surface area contributed by atoms with E-state index in [1.54, 1.807) is 48.9 Å². The van der Waals surface area contributed by atoms with Crippen LogP contribution < -0.4 is 15.4 Å². The molecule has 3 rings (SSSR count). The summed E-state index contributed by atoms with van der Waals surface area (Å²) in [6.07, 6.45) is 1.97. The van der Waals surface area contributed by atoms with E-state index in [1.165, 1.54) is 0 Å². The molecule has 0 atom stereocenters. The molecular formula is C18H16ClN3O2S. The van der Waals surface area contributed by atoms with E-state index in [2.05, 4.69) is 15.6 Å². The van der Waals surface area contributed by atoms with E-state index in [9.17, 15) is 4.79 Å². The average Bonchev–Trinajstić information content (AvgIpc) is 3.10. The molecule has 0 spiro atoms. The van der Waals surface area contributed by atoms with Gasteiger partial charge >= 0.3 is 0 Å². The number of hydrogen-bond donors (Lipinski definition) is 2. The maximum Gasteiger partial charge on any atom is 0.229 e. The van der Waals surface area contributed by atoms with Crippen LogP contribution in [0.15, 0.2) is 54.0 Å². The minimum Gasteiger partial charge on any atom is -0.495 e. The zero-order valence-corrected chi connectivity index (χ0v) is 15.0. The number of nitrogens with zero attached hydrogens (tertiary/aromatic N) is 1. The van der Waals surface area contributed by atoms with Gasteiger partial charge in [-0.1, -0.05) is 17.7 Å². The van der Waals surface area contributed by atoms with Crippen molar-refractivity contribution in [1.82, 2.24) is 4.98 Å². The highest BCUT2D eigenvalue weighted by Crippen LogP contribution is 2.28. The number of ether oxygens (including phenoxy) is 1. The van der Waals surface area contributed by atoms with Gasteiger partial charge in [-0.3, -0.25) is 4.79 Å². The fourth-order valence-electron chi connectivity index (χ4n) is 2.21. The number of nitrogens with one attached hydrogen (secondary N) is 2. The van der Waals surface area contributed by atoms with E-state index in [4.69, 9.17) is 16.3 Å². The van der Waals surface area contributed by atoms with Gasteiger partial charge in [0.25, 0.3) is 0 Å². The Kier molecular flexibility index (Phi) is 5.53. The van der Waals surface area contributed by atoms with Crippen LogP contribution in [-0.2, 0) is 11.2 Å². The topological polar surface area (TPSA) is 63.2 Å². The summed E-state index contributed by atoms with van der Waals surface area (Å²) in [6.45, 7) is 0. The van der Waals surface area contributed by atoms with Crippen molar-refractivity contribution in [2.45, 2.75) is 6.42 Å². The highest BCUT2D eigenvalue weighted by Gasteiger charge is 2.06. The third-order valence-corrected chi connectivity index (χ3v) is 4.56. The van der Waals surface area contributed by atoms with E-state index in [-0.39, 0.29) is 5.91 Å². The molecule has 5 nitrogen and oxygen atoms in total. The predicted molar refractivity (Wildman–Crippen MR) is 102 cm³/mol. The Morgan fingerprint density at radius 3 is 2.72 bits per heavy atom. The van der Waals surface area contributed by atoms with Crippen LogP contribution in [0.5, 0.6) is 5.75 Å². The largest absolute Gasteiger partial charge is 0.495 e. The second-order valence-corrected chi connectivity index (χ2v) is 6.65. The quantitative estimate of drug-likeness (QED) is 0.655. The Balaban J connectivity index is 1.60. The van der Waals surface area contributed by atoms with Crippen LogP contribution in [0.1, 0.15) is 4.88 Å². The van der Waals surface area contributed by atoms with Crippen molar-refractivity contribution < 1.29 is 9.53 Å². The molecule has 7 heteroatoms. The monoisotopic (exact) mass is 373 g/mol. The summed E-state index contributed by atoms with van der Waals surface area (Å²) in [5, 5.41) is 8.46. The van der Waals surface area contributed by atoms with E-state index in [1.807, 2.05) is 23.6 Å². The number of anilines is 3. The van der Waals surface area contributed by atoms with E-state index in [0.29, 0.717) is 28.7 Å². The van der Waals surface area contributed by atoms with Crippen molar-refractivity contribution in [2.24, 2.45) is 0 Å². The summed E-state index contributed by atoms with van der Waals surface area (Å²) in [5.41, 5.74) is 1.45. The minimum atomic E-state index is -0.0631. The molecule has 2 N–H and O–H groups in total. The normalized spacial score (nSPS) is 10.3. The minimum absolute atomic E-state index is 0.0631. The molecule has 2 heterocycles. The smallest absolute Gasteiger partial charge is 0.229 e. The lowest BCUT2D eigenvalue weighted by Crippen LogP contribution is -2.13. The lowest BCUT2D eigenvalue weighted by Gasteiger charge is -2.09. The number of pyridine rings is 1. The van der Waals surface area contributed by atoms with Crippen LogP contribution in [0.25, 0.3) is 0 Å². The summed E-state index contributed by atoms with van der Waals surface area (Å²) >= 11 is 7.67. The van der Waals surface area contributed by atoms with Gasteiger partial charge in [-0.2, -0.15) is 0 Å². The van der Waals surface area contributed by atoms with Crippen molar-refractivity contribution in [3.63, 3.8) is 0 Å². The maximum absolute atomic E-state index is 12.0. The number of benzene rings is 1. The number of carbonyl (C=O) groups is 1. The Bertz CT molecular complexity index is 851. The van der Waals surface area contributed by atoms with Crippen molar-refractivity contribution in [1.29, 1.82) is 0 Å². The zero-order valence-electron chi connectivity index (χ0n) is 13.5. The van der Waals surface area contributed by atoms with Crippen LogP contribution in [0.4, 0.5) is 17.2 Å². The number of rotatable bonds is 6. The van der Waals surface area contributed by atoms with Crippen molar-refractivity contribution >= 4 is 46.0 Å². The first-order valence-corrected chi connectivity index (χ1v) is 8.78.